The largest absolute Gasteiger partial charge is 0.493 e. The molecule has 0 bridgehead atoms. The van der Waals surface area contributed by atoms with E-state index in [1.54, 1.807) is 29.8 Å². The highest BCUT2D eigenvalue weighted by atomic mass is 16.5. The SMILES string of the molecule is COc1cc(CNC(=O)c2c(C)ccn(C3CC3)c2=O)cc(OC)c1OC. The maximum Gasteiger partial charge on any atom is 0.263 e. The van der Waals surface area contributed by atoms with Crippen molar-refractivity contribution in [3.63, 3.8) is 0 Å². The number of nitrogens with zero attached hydrogens (tertiary/aromatic N) is 1. The van der Waals surface area contributed by atoms with Gasteiger partial charge < -0.3 is 24.1 Å². The summed E-state index contributed by atoms with van der Waals surface area (Å²) in [4.78, 5) is 25.3. The molecule has 1 aromatic carbocycles. The zero-order valence-corrected chi connectivity index (χ0v) is 16.0. The average Bonchev–Trinajstić information content (AvgIpc) is 3.50. The summed E-state index contributed by atoms with van der Waals surface area (Å²) in [6.45, 7) is 2.00. The molecule has 7 heteroatoms. The number of hydrogen-bond acceptors (Lipinski definition) is 5. The fourth-order valence-electron chi connectivity index (χ4n) is 3.07. The second kappa shape index (κ2) is 7.73. The predicted octanol–water partition coefficient (Wildman–Crippen LogP) is 2.45. The average molecular weight is 372 g/mol. The molecular weight excluding hydrogens is 348 g/mol. The van der Waals surface area contributed by atoms with Gasteiger partial charge in [-0.15, -0.1) is 0 Å². The molecule has 0 aliphatic heterocycles. The highest BCUT2D eigenvalue weighted by Gasteiger charge is 2.27. The summed E-state index contributed by atoms with van der Waals surface area (Å²) in [7, 11) is 4.60. The smallest absolute Gasteiger partial charge is 0.263 e. The molecule has 1 N–H and O–H groups in total. The molecule has 0 saturated heterocycles. The van der Waals surface area contributed by atoms with Gasteiger partial charge in [-0.3, -0.25) is 9.59 Å². The third-order valence-corrected chi connectivity index (χ3v) is 4.67. The molecule has 144 valence electrons. The Bertz CT molecular complexity index is 890. The predicted molar refractivity (Wildman–Crippen MR) is 101 cm³/mol. The van der Waals surface area contributed by atoms with E-state index in [1.165, 1.54) is 21.3 Å². The van der Waals surface area contributed by atoms with Crippen LogP contribution >= 0.6 is 0 Å². The highest BCUT2D eigenvalue weighted by molar-refractivity contribution is 5.95. The Balaban J connectivity index is 1.82. The minimum absolute atomic E-state index is 0.192. The van der Waals surface area contributed by atoms with Crippen LogP contribution in [0.2, 0.25) is 0 Å². The molecule has 7 nitrogen and oxygen atoms in total. The van der Waals surface area contributed by atoms with Crippen molar-refractivity contribution in [3.05, 3.63) is 51.4 Å². The molecule has 1 amide bonds. The number of aryl methyl sites for hydroxylation is 1. The summed E-state index contributed by atoms with van der Waals surface area (Å²) in [6, 6.07) is 5.57. The van der Waals surface area contributed by atoms with E-state index in [0.717, 1.165) is 18.4 Å². The van der Waals surface area contributed by atoms with Crippen LogP contribution in [0.4, 0.5) is 0 Å². The molecule has 1 aliphatic rings. The maximum atomic E-state index is 12.7. The number of nitrogens with one attached hydrogen (secondary N) is 1. The van der Waals surface area contributed by atoms with Crippen LogP contribution in [-0.4, -0.2) is 31.8 Å². The molecule has 2 aromatic rings. The van der Waals surface area contributed by atoms with Crippen molar-refractivity contribution in [2.24, 2.45) is 0 Å². The molecule has 1 saturated carbocycles. The number of benzene rings is 1. The monoisotopic (exact) mass is 372 g/mol. The number of hydrogen-bond donors (Lipinski definition) is 1. The normalized spacial score (nSPS) is 13.2. The third kappa shape index (κ3) is 3.77. The second-order valence-corrected chi connectivity index (χ2v) is 6.53. The first-order valence-electron chi connectivity index (χ1n) is 8.79. The van der Waals surface area contributed by atoms with Gasteiger partial charge in [-0.05, 0) is 49.1 Å². The van der Waals surface area contributed by atoms with Crippen LogP contribution in [0.25, 0.3) is 0 Å². The minimum atomic E-state index is -0.388. The second-order valence-electron chi connectivity index (χ2n) is 6.53. The van der Waals surface area contributed by atoms with Gasteiger partial charge in [0.2, 0.25) is 5.75 Å². The van der Waals surface area contributed by atoms with E-state index < -0.39 is 0 Å². The van der Waals surface area contributed by atoms with E-state index in [0.29, 0.717) is 22.8 Å². The van der Waals surface area contributed by atoms with Gasteiger partial charge in [-0.25, -0.2) is 0 Å². The van der Waals surface area contributed by atoms with E-state index in [2.05, 4.69) is 5.32 Å². The first-order valence-corrected chi connectivity index (χ1v) is 8.79. The van der Waals surface area contributed by atoms with Gasteiger partial charge in [0.1, 0.15) is 5.56 Å². The number of rotatable bonds is 7. The summed E-state index contributed by atoms with van der Waals surface area (Å²) in [6.07, 6.45) is 3.73. The van der Waals surface area contributed by atoms with Crippen LogP contribution < -0.4 is 25.1 Å². The zero-order chi connectivity index (χ0) is 19.6. The van der Waals surface area contributed by atoms with Crippen LogP contribution in [0.1, 0.15) is 40.4 Å². The van der Waals surface area contributed by atoms with Gasteiger partial charge in [0.15, 0.2) is 11.5 Å². The standard InChI is InChI=1S/C20H24N2O5/c1-12-7-8-22(14-5-6-14)20(24)17(12)19(23)21-11-13-9-15(25-2)18(27-4)16(10-13)26-3/h7-10,14H,5-6,11H2,1-4H3,(H,21,23). The molecule has 0 unspecified atom stereocenters. The summed E-state index contributed by atoms with van der Waals surface area (Å²) in [5, 5.41) is 2.82. The molecule has 0 atom stereocenters. The number of pyridine rings is 1. The molecule has 27 heavy (non-hydrogen) atoms. The molecule has 1 fully saturated rings. The van der Waals surface area contributed by atoms with Crippen molar-refractivity contribution in [3.8, 4) is 17.2 Å². The van der Waals surface area contributed by atoms with Gasteiger partial charge in [-0.2, -0.15) is 0 Å². The summed E-state index contributed by atoms with van der Waals surface area (Å²) >= 11 is 0. The summed E-state index contributed by atoms with van der Waals surface area (Å²) in [5.74, 6) is 1.11. The van der Waals surface area contributed by atoms with Crippen LogP contribution in [0.3, 0.4) is 0 Å². The number of amides is 1. The van der Waals surface area contributed by atoms with E-state index >= 15 is 0 Å². The van der Waals surface area contributed by atoms with E-state index in [4.69, 9.17) is 14.2 Å². The number of carbonyl (C=O) groups is 1. The highest BCUT2D eigenvalue weighted by Crippen LogP contribution is 2.38. The Labute approximate surface area is 157 Å². The number of methoxy groups -OCH3 is 3. The van der Waals surface area contributed by atoms with Crippen molar-refractivity contribution in [2.45, 2.75) is 32.4 Å². The minimum Gasteiger partial charge on any atom is -0.493 e. The maximum absolute atomic E-state index is 12.7. The van der Waals surface area contributed by atoms with Gasteiger partial charge >= 0.3 is 0 Å². The Hall–Kier alpha value is -2.96. The molecular formula is C20H24N2O5. The molecule has 1 aliphatic carbocycles. The topological polar surface area (TPSA) is 78.8 Å². The fourth-order valence-corrected chi connectivity index (χ4v) is 3.07. The van der Waals surface area contributed by atoms with Crippen molar-refractivity contribution < 1.29 is 19.0 Å². The third-order valence-electron chi connectivity index (χ3n) is 4.67. The lowest BCUT2D eigenvalue weighted by molar-refractivity contribution is 0.0948. The van der Waals surface area contributed by atoms with Gasteiger partial charge in [0.25, 0.3) is 11.5 Å². The Morgan fingerprint density at radius 1 is 1.15 bits per heavy atom. The van der Waals surface area contributed by atoms with Crippen LogP contribution in [-0.2, 0) is 6.54 Å². The summed E-state index contributed by atoms with van der Waals surface area (Å²) < 4.78 is 17.6. The Morgan fingerprint density at radius 2 is 1.78 bits per heavy atom. The first-order chi connectivity index (χ1) is 13.0. The fraction of sp³-hybridized carbons (Fsp3) is 0.400. The number of carbonyl (C=O) groups excluding carboxylic acids is 1. The molecule has 1 aromatic heterocycles. The lowest BCUT2D eigenvalue weighted by Crippen LogP contribution is -2.33. The van der Waals surface area contributed by atoms with Crippen molar-refractivity contribution >= 4 is 5.91 Å². The van der Waals surface area contributed by atoms with Crippen LogP contribution in [0, 0.1) is 6.92 Å². The lowest BCUT2D eigenvalue weighted by atomic mass is 10.1. The van der Waals surface area contributed by atoms with Crippen molar-refractivity contribution in [1.82, 2.24) is 9.88 Å². The zero-order valence-electron chi connectivity index (χ0n) is 16.0. The first kappa shape index (κ1) is 18.8. The molecule has 0 spiro atoms. The van der Waals surface area contributed by atoms with Gasteiger partial charge in [0.05, 0.1) is 21.3 Å². The van der Waals surface area contributed by atoms with Gasteiger partial charge in [0, 0.05) is 18.8 Å². The quantitative estimate of drug-likeness (QED) is 0.808. The van der Waals surface area contributed by atoms with Crippen LogP contribution in [0.5, 0.6) is 17.2 Å². The molecule has 3 rings (SSSR count). The van der Waals surface area contributed by atoms with Gasteiger partial charge in [-0.1, -0.05) is 0 Å². The van der Waals surface area contributed by atoms with Crippen molar-refractivity contribution in [1.29, 1.82) is 0 Å². The van der Waals surface area contributed by atoms with E-state index in [9.17, 15) is 9.59 Å². The lowest BCUT2D eigenvalue weighted by Gasteiger charge is -2.15. The van der Waals surface area contributed by atoms with E-state index in [-0.39, 0.29) is 29.6 Å². The van der Waals surface area contributed by atoms with Crippen LogP contribution in [0.15, 0.2) is 29.2 Å². The summed E-state index contributed by atoms with van der Waals surface area (Å²) in [5.41, 5.74) is 1.39. The number of ether oxygens (including phenoxy) is 3. The number of aromatic nitrogens is 1. The Kier molecular flexibility index (Phi) is 5.39. The molecule has 0 radical (unpaired) electrons. The Morgan fingerprint density at radius 3 is 2.30 bits per heavy atom. The molecule has 1 heterocycles. The van der Waals surface area contributed by atoms with E-state index in [1.807, 2.05) is 6.07 Å². The van der Waals surface area contributed by atoms with Crippen molar-refractivity contribution in [2.75, 3.05) is 21.3 Å².